The lowest BCUT2D eigenvalue weighted by Gasteiger charge is -2.19. The third-order valence-corrected chi connectivity index (χ3v) is 4.88. The largest absolute Gasteiger partial charge is 0.356 e. The highest BCUT2D eigenvalue weighted by atomic mass is 127. The Morgan fingerprint density at radius 3 is 2.84 bits per heavy atom. The van der Waals surface area contributed by atoms with Gasteiger partial charge in [-0.15, -0.1) is 24.0 Å². The lowest BCUT2D eigenvalue weighted by Crippen LogP contribution is -2.41. The van der Waals surface area contributed by atoms with Crippen LogP contribution in [0, 0.1) is 12.8 Å². The summed E-state index contributed by atoms with van der Waals surface area (Å²) in [5.41, 5.74) is 2.70. The zero-order valence-corrected chi connectivity index (χ0v) is 18.5. The number of guanidine groups is 1. The van der Waals surface area contributed by atoms with Crippen molar-refractivity contribution in [2.45, 2.75) is 39.5 Å². The SMILES string of the molecule is CCCN1CCC(CNC(=NC)NCC(C)c2cccc(C)c2)C1.I. The van der Waals surface area contributed by atoms with Gasteiger partial charge < -0.3 is 15.5 Å². The van der Waals surface area contributed by atoms with Crippen molar-refractivity contribution in [1.82, 2.24) is 15.5 Å². The summed E-state index contributed by atoms with van der Waals surface area (Å²) >= 11 is 0. The molecule has 0 aliphatic carbocycles. The van der Waals surface area contributed by atoms with Crippen molar-refractivity contribution in [2.24, 2.45) is 10.9 Å². The molecule has 1 heterocycles. The van der Waals surface area contributed by atoms with Crippen molar-refractivity contribution in [1.29, 1.82) is 0 Å². The Kier molecular flexibility index (Phi) is 10.4. The summed E-state index contributed by atoms with van der Waals surface area (Å²) < 4.78 is 0. The van der Waals surface area contributed by atoms with Crippen LogP contribution in [0.3, 0.4) is 0 Å². The Bertz CT molecular complexity index is 532. The Morgan fingerprint density at radius 2 is 2.16 bits per heavy atom. The highest BCUT2D eigenvalue weighted by Gasteiger charge is 2.21. The normalized spacial score (nSPS) is 19.4. The molecule has 1 aliphatic rings. The standard InChI is InChI=1S/C20H34N4.HI/c1-5-10-24-11-9-18(15-24)14-23-20(21-4)22-13-17(3)19-8-6-7-16(2)12-19;/h6-8,12,17-18H,5,9-11,13-15H2,1-4H3,(H2,21,22,23);1H. The maximum absolute atomic E-state index is 4.37. The monoisotopic (exact) mass is 458 g/mol. The summed E-state index contributed by atoms with van der Waals surface area (Å²) in [4.78, 5) is 6.94. The van der Waals surface area contributed by atoms with Gasteiger partial charge in [0.15, 0.2) is 5.96 Å². The van der Waals surface area contributed by atoms with Crippen LogP contribution in [-0.4, -0.2) is 50.6 Å². The van der Waals surface area contributed by atoms with Gasteiger partial charge in [-0.1, -0.05) is 43.7 Å². The highest BCUT2D eigenvalue weighted by Crippen LogP contribution is 2.16. The average Bonchev–Trinajstić information content (AvgIpc) is 3.02. The Labute approximate surface area is 170 Å². The van der Waals surface area contributed by atoms with Crippen LogP contribution in [0.2, 0.25) is 0 Å². The summed E-state index contributed by atoms with van der Waals surface area (Å²) in [7, 11) is 1.85. The molecule has 1 saturated heterocycles. The second-order valence-electron chi connectivity index (χ2n) is 7.10. The molecule has 5 heteroatoms. The second kappa shape index (κ2) is 11.7. The number of rotatable bonds is 7. The van der Waals surface area contributed by atoms with Crippen molar-refractivity contribution in [2.75, 3.05) is 39.8 Å². The molecule has 0 bridgehead atoms. The van der Waals surface area contributed by atoms with E-state index in [2.05, 4.69) is 65.6 Å². The molecule has 1 aromatic rings. The van der Waals surface area contributed by atoms with Crippen LogP contribution in [0.1, 0.15) is 43.7 Å². The van der Waals surface area contributed by atoms with E-state index >= 15 is 0 Å². The fourth-order valence-corrected chi connectivity index (χ4v) is 3.40. The summed E-state index contributed by atoms with van der Waals surface area (Å²) in [6.45, 7) is 12.3. The van der Waals surface area contributed by atoms with Crippen molar-refractivity contribution in [3.63, 3.8) is 0 Å². The molecule has 0 spiro atoms. The molecule has 142 valence electrons. The van der Waals surface area contributed by atoms with Crippen molar-refractivity contribution in [3.8, 4) is 0 Å². The number of hydrogen-bond acceptors (Lipinski definition) is 2. The maximum atomic E-state index is 4.37. The summed E-state index contributed by atoms with van der Waals surface area (Å²) in [6, 6.07) is 8.75. The van der Waals surface area contributed by atoms with E-state index in [1.54, 1.807) is 0 Å². The van der Waals surface area contributed by atoms with Crippen LogP contribution in [-0.2, 0) is 0 Å². The molecule has 2 atom stereocenters. The van der Waals surface area contributed by atoms with Gasteiger partial charge >= 0.3 is 0 Å². The van der Waals surface area contributed by atoms with Gasteiger partial charge in [0.05, 0.1) is 0 Å². The minimum Gasteiger partial charge on any atom is -0.356 e. The fourth-order valence-electron chi connectivity index (χ4n) is 3.40. The summed E-state index contributed by atoms with van der Waals surface area (Å²) in [6.07, 6.45) is 2.55. The smallest absolute Gasteiger partial charge is 0.191 e. The van der Waals surface area contributed by atoms with Crippen LogP contribution >= 0.6 is 24.0 Å². The van der Waals surface area contributed by atoms with E-state index in [-0.39, 0.29) is 24.0 Å². The Hall–Kier alpha value is -0.820. The average molecular weight is 458 g/mol. The summed E-state index contributed by atoms with van der Waals surface area (Å²) in [5.74, 6) is 2.13. The molecule has 0 radical (unpaired) electrons. The molecular formula is C20H35IN4. The molecule has 2 N–H and O–H groups in total. The third kappa shape index (κ3) is 7.52. The van der Waals surface area contributed by atoms with Gasteiger partial charge in [0.1, 0.15) is 0 Å². The number of nitrogens with one attached hydrogen (secondary N) is 2. The van der Waals surface area contributed by atoms with E-state index in [9.17, 15) is 0 Å². The van der Waals surface area contributed by atoms with Gasteiger partial charge in [-0.25, -0.2) is 0 Å². The molecular weight excluding hydrogens is 423 g/mol. The second-order valence-corrected chi connectivity index (χ2v) is 7.10. The quantitative estimate of drug-likeness (QED) is 0.373. The Morgan fingerprint density at radius 1 is 1.36 bits per heavy atom. The van der Waals surface area contributed by atoms with Crippen LogP contribution in [0.4, 0.5) is 0 Å². The first-order valence-corrected chi connectivity index (χ1v) is 9.35. The van der Waals surface area contributed by atoms with Crippen molar-refractivity contribution in [3.05, 3.63) is 35.4 Å². The van der Waals surface area contributed by atoms with Crippen molar-refractivity contribution < 1.29 is 0 Å². The highest BCUT2D eigenvalue weighted by molar-refractivity contribution is 14.0. The van der Waals surface area contributed by atoms with Crippen LogP contribution in [0.5, 0.6) is 0 Å². The molecule has 2 rings (SSSR count). The van der Waals surface area contributed by atoms with E-state index in [1.165, 1.54) is 43.6 Å². The zero-order valence-electron chi connectivity index (χ0n) is 16.2. The number of aryl methyl sites for hydroxylation is 1. The first-order chi connectivity index (χ1) is 11.6. The van der Waals surface area contributed by atoms with E-state index in [1.807, 2.05) is 7.05 Å². The molecule has 2 unspecified atom stereocenters. The van der Waals surface area contributed by atoms with Gasteiger partial charge in [0, 0.05) is 26.7 Å². The van der Waals surface area contributed by atoms with Gasteiger partial charge in [-0.05, 0) is 50.3 Å². The Balaban J connectivity index is 0.00000312. The number of benzene rings is 1. The predicted octanol–water partition coefficient (Wildman–Crippen LogP) is 3.61. The first-order valence-electron chi connectivity index (χ1n) is 9.35. The minimum absolute atomic E-state index is 0. The van der Waals surface area contributed by atoms with Crippen LogP contribution < -0.4 is 10.6 Å². The number of hydrogen-bond donors (Lipinski definition) is 2. The van der Waals surface area contributed by atoms with E-state index < -0.39 is 0 Å². The van der Waals surface area contributed by atoms with E-state index in [0.29, 0.717) is 5.92 Å². The lowest BCUT2D eigenvalue weighted by molar-refractivity contribution is 0.324. The zero-order chi connectivity index (χ0) is 17.4. The number of nitrogens with zero attached hydrogens (tertiary/aromatic N) is 2. The molecule has 25 heavy (non-hydrogen) atoms. The van der Waals surface area contributed by atoms with Crippen molar-refractivity contribution >= 4 is 29.9 Å². The molecule has 0 saturated carbocycles. The molecule has 1 fully saturated rings. The summed E-state index contributed by atoms with van der Waals surface area (Å²) in [5, 5.41) is 6.98. The number of aliphatic imine (C=N–C) groups is 1. The minimum atomic E-state index is 0. The molecule has 0 amide bonds. The first kappa shape index (κ1) is 22.2. The van der Waals surface area contributed by atoms with E-state index in [0.717, 1.165) is 25.0 Å². The maximum Gasteiger partial charge on any atom is 0.191 e. The van der Waals surface area contributed by atoms with E-state index in [4.69, 9.17) is 0 Å². The fraction of sp³-hybridized carbons (Fsp3) is 0.650. The van der Waals surface area contributed by atoms with Gasteiger partial charge in [0.25, 0.3) is 0 Å². The molecule has 1 aliphatic heterocycles. The molecule has 4 nitrogen and oxygen atoms in total. The third-order valence-electron chi connectivity index (χ3n) is 4.88. The number of likely N-dealkylation sites (tertiary alicyclic amines) is 1. The molecule has 1 aromatic carbocycles. The van der Waals surface area contributed by atoms with Gasteiger partial charge in [-0.3, -0.25) is 4.99 Å². The molecule has 0 aromatic heterocycles. The van der Waals surface area contributed by atoms with Crippen LogP contribution in [0.15, 0.2) is 29.3 Å². The van der Waals surface area contributed by atoms with Gasteiger partial charge in [-0.2, -0.15) is 0 Å². The lowest BCUT2D eigenvalue weighted by atomic mass is 9.99. The topological polar surface area (TPSA) is 39.7 Å². The predicted molar refractivity (Wildman–Crippen MR) is 119 cm³/mol. The van der Waals surface area contributed by atoms with Gasteiger partial charge in [0.2, 0.25) is 0 Å². The number of halogens is 1. The van der Waals surface area contributed by atoms with Crippen LogP contribution in [0.25, 0.3) is 0 Å².